The molecule has 3 aromatic heterocycles. The molecule has 0 bridgehead atoms. The van der Waals surface area contributed by atoms with Gasteiger partial charge in [0, 0.05) is 55.8 Å². The van der Waals surface area contributed by atoms with Crippen molar-refractivity contribution < 1.29 is 13.3 Å². The van der Waals surface area contributed by atoms with Crippen LogP contribution >= 0.6 is 0 Å². The SMILES string of the molecule is c1ccc2c(-c3ccc(N(c4ccc(-c5cccc6nc(-c7cccc8oc9ccccc9c78)oc56)cc4)c4ccc5c(c4)oc4ccccc45)cc3)cccc2c1. The highest BCUT2D eigenvalue weighted by molar-refractivity contribution is 6.12. The first-order valence-corrected chi connectivity index (χ1v) is 19.4. The van der Waals surface area contributed by atoms with E-state index in [2.05, 4.69) is 144 Å². The third-order valence-corrected chi connectivity index (χ3v) is 11.3. The number of nitrogens with zero attached hydrogens (tertiary/aromatic N) is 2. The van der Waals surface area contributed by atoms with Gasteiger partial charge in [-0.05, 0) is 94.2 Å². The van der Waals surface area contributed by atoms with Crippen LogP contribution in [0.3, 0.4) is 0 Å². The second kappa shape index (κ2) is 12.8. The molecule has 9 aromatic carbocycles. The van der Waals surface area contributed by atoms with Gasteiger partial charge in [-0.25, -0.2) is 4.98 Å². The summed E-state index contributed by atoms with van der Waals surface area (Å²) in [5, 5.41) is 6.71. The van der Waals surface area contributed by atoms with E-state index in [0.717, 1.165) is 88.7 Å². The van der Waals surface area contributed by atoms with E-state index < -0.39 is 0 Å². The molecule has 12 aromatic rings. The Labute approximate surface area is 332 Å². The van der Waals surface area contributed by atoms with Gasteiger partial charge in [-0.3, -0.25) is 0 Å². The zero-order valence-electron chi connectivity index (χ0n) is 31.1. The van der Waals surface area contributed by atoms with E-state index in [0.29, 0.717) is 5.89 Å². The number of anilines is 3. The summed E-state index contributed by atoms with van der Waals surface area (Å²) in [5.41, 5.74) is 13.3. The summed E-state index contributed by atoms with van der Waals surface area (Å²) in [6.07, 6.45) is 0. The second-order valence-corrected chi connectivity index (χ2v) is 14.7. The van der Waals surface area contributed by atoms with Gasteiger partial charge in [0.1, 0.15) is 27.8 Å². The van der Waals surface area contributed by atoms with Gasteiger partial charge in [-0.15, -0.1) is 0 Å². The lowest BCUT2D eigenvalue weighted by Gasteiger charge is -2.26. The fourth-order valence-electron chi connectivity index (χ4n) is 8.60. The van der Waals surface area contributed by atoms with Crippen LogP contribution in [-0.2, 0) is 0 Å². The third kappa shape index (κ3) is 5.14. The Bertz CT molecular complexity index is 3510. The molecule has 12 rings (SSSR count). The average Bonchev–Trinajstić information content (AvgIpc) is 4.00. The summed E-state index contributed by atoms with van der Waals surface area (Å²) in [6, 6.07) is 67.5. The Morgan fingerprint density at radius 1 is 0.362 bits per heavy atom. The van der Waals surface area contributed by atoms with E-state index in [-0.39, 0.29) is 0 Å². The van der Waals surface area contributed by atoms with Gasteiger partial charge in [0.2, 0.25) is 5.89 Å². The molecule has 0 aliphatic heterocycles. The molecule has 0 radical (unpaired) electrons. The number of aromatic nitrogens is 1. The van der Waals surface area contributed by atoms with Crippen LogP contribution in [-0.4, -0.2) is 4.98 Å². The Balaban J connectivity index is 0.956. The summed E-state index contributed by atoms with van der Waals surface area (Å²) in [5.74, 6) is 0.565. The Hall–Kier alpha value is -7.89. The van der Waals surface area contributed by atoms with Crippen LogP contribution < -0.4 is 4.90 Å². The maximum atomic E-state index is 6.65. The molecule has 0 aliphatic rings. The summed E-state index contributed by atoms with van der Waals surface area (Å²) in [4.78, 5) is 7.28. The second-order valence-electron chi connectivity index (χ2n) is 14.7. The Kier molecular flexibility index (Phi) is 7.16. The van der Waals surface area contributed by atoms with Gasteiger partial charge < -0.3 is 18.2 Å². The number of hydrogen-bond acceptors (Lipinski definition) is 5. The van der Waals surface area contributed by atoms with Crippen molar-refractivity contribution in [1.29, 1.82) is 0 Å². The lowest BCUT2D eigenvalue weighted by atomic mass is 9.98. The van der Waals surface area contributed by atoms with Gasteiger partial charge in [0.15, 0.2) is 5.58 Å². The molecule has 0 unspecified atom stereocenters. The van der Waals surface area contributed by atoms with E-state index >= 15 is 0 Å². The van der Waals surface area contributed by atoms with E-state index in [1.54, 1.807) is 0 Å². The summed E-state index contributed by atoms with van der Waals surface area (Å²) < 4.78 is 19.2. The number of hydrogen-bond donors (Lipinski definition) is 0. The first-order chi connectivity index (χ1) is 28.7. The van der Waals surface area contributed by atoms with Crippen molar-refractivity contribution in [2.45, 2.75) is 0 Å². The van der Waals surface area contributed by atoms with Crippen molar-refractivity contribution in [3.05, 3.63) is 194 Å². The fourth-order valence-corrected chi connectivity index (χ4v) is 8.60. The van der Waals surface area contributed by atoms with Gasteiger partial charge in [0.25, 0.3) is 0 Å². The molecular formula is C53H32N2O3. The van der Waals surface area contributed by atoms with Crippen molar-refractivity contribution in [2.75, 3.05) is 4.90 Å². The summed E-state index contributed by atoms with van der Waals surface area (Å²) in [6.45, 7) is 0. The normalized spacial score (nSPS) is 11.8. The Morgan fingerprint density at radius 3 is 1.72 bits per heavy atom. The number of benzene rings is 9. The van der Waals surface area contributed by atoms with Crippen LogP contribution in [0, 0.1) is 0 Å². The van der Waals surface area contributed by atoms with Crippen LogP contribution in [0.15, 0.2) is 207 Å². The van der Waals surface area contributed by atoms with E-state index in [9.17, 15) is 0 Å². The Morgan fingerprint density at radius 2 is 0.914 bits per heavy atom. The highest BCUT2D eigenvalue weighted by atomic mass is 16.4. The molecule has 272 valence electrons. The molecule has 0 spiro atoms. The number of furan rings is 2. The van der Waals surface area contributed by atoms with Crippen molar-refractivity contribution in [2.24, 2.45) is 0 Å². The molecule has 3 heterocycles. The van der Waals surface area contributed by atoms with Crippen molar-refractivity contribution in [1.82, 2.24) is 4.98 Å². The molecule has 0 aliphatic carbocycles. The zero-order chi connectivity index (χ0) is 38.2. The molecule has 0 saturated carbocycles. The molecule has 58 heavy (non-hydrogen) atoms. The topological polar surface area (TPSA) is 55.6 Å². The van der Waals surface area contributed by atoms with Crippen LogP contribution in [0.4, 0.5) is 17.1 Å². The van der Waals surface area contributed by atoms with Crippen molar-refractivity contribution >= 4 is 82.8 Å². The minimum atomic E-state index is 0.565. The molecule has 5 heteroatoms. The van der Waals surface area contributed by atoms with E-state index in [1.807, 2.05) is 54.6 Å². The first kappa shape index (κ1) is 32.4. The minimum absolute atomic E-state index is 0.565. The summed E-state index contributed by atoms with van der Waals surface area (Å²) in [7, 11) is 0. The number of rotatable bonds is 6. The number of fused-ring (bicyclic) bond motifs is 8. The molecule has 0 atom stereocenters. The van der Waals surface area contributed by atoms with Crippen LogP contribution in [0.2, 0.25) is 0 Å². The van der Waals surface area contributed by atoms with Gasteiger partial charge in [0.05, 0.1) is 0 Å². The van der Waals surface area contributed by atoms with Gasteiger partial charge >= 0.3 is 0 Å². The largest absolute Gasteiger partial charge is 0.456 e. The molecule has 5 nitrogen and oxygen atoms in total. The highest BCUT2D eigenvalue weighted by Crippen LogP contribution is 2.42. The lowest BCUT2D eigenvalue weighted by molar-refractivity contribution is 0.621. The summed E-state index contributed by atoms with van der Waals surface area (Å²) >= 11 is 0. The van der Waals surface area contributed by atoms with Crippen molar-refractivity contribution in [3.8, 4) is 33.7 Å². The third-order valence-electron chi connectivity index (χ3n) is 11.3. The van der Waals surface area contributed by atoms with Gasteiger partial charge in [-0.2, -0.15) is 0 Å². The standard InChI is InChI=1S/C53H32N2O3/c1-2-12-39-33(10-1)11-7-15-40(39)34-22-26-36(27-23-34)55(38-30-31-43-42-13-3-5-19-47(42)57-50(43)32-38)37-28-24-35(25-29-37)41-16-8-18-46-52(41)58-53(54-46)45-17-9-21-49-51(45)44-14-4-6-20-48(44)56-49/h1-32H. The van der Waals surface area contributed by atoms with E-state index in [1.165, 1.54) is 21.9 Å². The lowest BCUT2D eigenvalue weighted by Crippen LogP contribution is -2.09. The first-order valence-electron chi connectivity index (χ1n) is 19.4. The number of oxazole rings is 1. The van der Waals surface area contributed by atoms with Crippen molar-refractivity contribution in [3.63, 3.8) is 0 Å². The maximum Gasteiger partial charge on any atom is 0.228 e. The van der Waals surface area contributed by atoms with E-state index in [4.69, 9.17) is 18.2 Å². The molecular weight excluding hydrogens is 713 g/mol. The van der Waals surface area contributed by atoms with Crippen LogP contribution in [0.25, 0.3) is 99.5 Å². The molecule has 0 amide bonds. The molecule has 0 saturated heterocycles. The maximum absolute atomic E-state index is 6.65. The number of para-hydroxylation sites is 3. The van der Waals surface area contributed by atoms with Gasteiger partial charge in [-0.1, -0.05) is 121 Å². The highest BCUT2D eigenvalue weighted by Gasteiger charge is 2.20. The van der Waals surface area contributed by atoms with Crippen LogP contribution in [0.5, 0.6) is 0 Å². The predicted octanol–water partition coefficient (Wildman–Crippen LogP) is 15.3. The zero-order valence-corrected chi connectivity index (χ0v) is 31.1. The fraction of sp³-hybridized carbons (Fsp3) is 0. The monoisotopic (exact) mass is 744 g/mol. The van der Waals surface area contributed by atoms with Crippen LogP contribution in [0.1, 0.15) is 0 Å². The minimum Gasteiger partial charge on any atom is -0.456 e. The molecule has 0 fully saturated rings. The smallest absolute Gasteiger partial charge is 0.228 e. The quantitative estimate of drug-likeness (QED) is 0.170. The molecule has 0 N–H and O–H groups in total. The average molecular weight is 745 g/mol. The predicted molar refractivity (Wildman–Crippen MR) is 237 cm³/mol.